The van der Waals surface area contributed by atoms with Gasteiger partial charge in [-0.05, 0) is 30.2 Å². The van der Waals surface area contributed by atoms with Gasteiger partial charge in [-0.15, -0.1) is 0 Å². The van der Waals surface area contributed by atoms with Crippen molar-refractivity contribution < 1.29 is 19.2 Å². The Morgan fingerprint density at radius 2 is 1.90 bits per heavy atom. The van der Waals surface area contributed by atoms with Gasteiger partial charge in [0, 0.05) is 41.8 Å². The van der Waals surface area contributed by atoms with Crippen LogP contribution in [0, 0.1) is 15.5 Å². The topological polar surface area (TPSA) is 89.8 Å². The molecule has 1 atom stereocenters. The molecule has 7 heteroatoms. The average molecular weight is 394 g/mol. The molecular formula is C22H22N2O5. The first-order chi connectivity index (χ1) is 13.8. The highest BCUT2D eigenvalue weighted by Gasteiger charge is 2.51. The van der Waals surface area contributed by atoms with Gasteiger partial charge >= 0.3 is 5.97 Å². The maximum atomic E-state index is 13.3. The zero-order valence-electron chi connectivity index (χ0n) is 16.4. The lowest BCUT2D eigenvalue weighted by molar-refractivity contribution is -0.384. The van der Waals surface area contributed by atoms with E-state index in [9.17, 15) is 19.7 Å². The van der Waals surface area contributed by atoms with E-state index >= 15 is 0 Å². The van der Waals surface area contributed by atoms with Gasteiger partial charge in [-0.2, -0.15) is 0 Å². The summed E-state index contributed by atoms with van der Waals surface area (Å²) in [5.74, 6) is -1.01. The van der Waals surface area contributed by atoms with Gasteiger partial charge in [-0.3, -0.25) is 14.9 Å². The molecule has 0 saturated heterocycles. The summed E-state index contributed by atoms with van der Waals surface area (Å²) in [7, 11) is 0. The van der Waals surface area contributed by atoms with Gasteiger partial charge in [-0.25, -0.2) is 4.79 Å². The average Bonchev–Trinajstić information content (AvgIpc) is 3.42. The lowest BCUT2D eigenvalue weighted by atomic mass is 9.68. The highest BCUT2D eigenvalue weighted by atomic mass is 16.6. The number of allylic oxidation sites excluding steroid dienone is 2. The molecule has 29 heavy (non-hydrogen) atoms. The SMILES string of the molecule is CC1(C)CC(=O)C2=C(C1)N(C1CC1)C1=C(C(=O)OC1)C2c1cccc([N+](=O)[O-])c1. The maximum Gasteiger partial charge on any atom is 0.337 e. The number of benzene rings is 1. The molecule has 5 rings (SSSR count). The fourth-order valence-electron chi connectivity index (χ4n) is 4.97. The van der Waals surface area contributed by atoms with Crippen molar-refractivity contribution in [3.05, 3.63) is 62.5 Å². The highest BCUT2D eigenvalue weighted by Crippen LogP contribution is 2.54. The largest absolute Gasteiger partial charge is 0.456 e. The lowest BCUT2D eigenvalue weighted by Gasteiger charge is -2.44. The Bertz CT molecular complexity index is 1030. The van der Waals surface area contributed by atoms with Crippen LogP contribution in [0.3, 0.4) is 0 Å². The van der Waals surface area contributed by atoms with Gasteiger partial charge in [0.15, 0.2) is 5.78 Å². The zero-order valence-corrected chi connectivity index (χ0v) is 16.4. The van der Waals surface area contributed by atoms with Crippen molar-refractivity contribution >= 4 is 17.4 Å². The first-order valence-electron chi connectivity index (χ1n) is 9.97. The number of non-ortho nitro benzene ring substituents is 1. The molecule has 2 aliphatic heterocycles. The van der Waals surface area contributed by atoms with Crippen LogP contribution in [0.5, 0.6) is 0 Å². The van der Waals surface area contributed by atoms with E-state index in [-0.39, 0.29) is 23.5 Å². The Hall–Kier alpha value is -2.96. The predicted molar refractivity (Wildman–Crippen MR) is 104 cm³/mol. The van der Waals surface area contributed by atoms with E-state index in [1.165, 1.54) is 12.1 Å². The molecule has 0 amide bonds. The van der Waals surface area contributed by atoms with Gasteiger partial charge in [0.25, 0.3) is 5.69 Å². The van der Waals surface area contributed by atoms with E-state index in [1.54, 1.807) is 12.1 Å². The van der Waals surface area contributed by atoms with Crippen molar-refractivity contribution in [3.8, 4) is 0 Å². The first-order valence-corrected chi connectivity index (χ1v) is 9.97. The number of nitro benzene ring substituents is 1. The summed E-state index contributed by atoms with van der Waals surface area (Å²) in [4.78, 5) is 39.1. The third-order valence-electron chi connectivity index (χ3n) is 6.25. The van der Waals surface area contributed by atoms with Gasteiger partial charge in [0.05, 0.1) is 16.2 Å². The summed E-state index contributed by atoms with van der Waals surface area (Å²) in [5.41, 5.74) is 3.28. The van der Waals surface area contributed by atoms with Crippen LogP contribution in [0.4, 0.5) is 5.69 Å². The number of carbonyl (C=O) groups is 2. The van der Waals surface area contributed by atoms with E-state index < -0.39 is 16.8 Å². The number of hydrogen-bond acceptors (Lipinski definition) is 6. The molecule has 1 unspecified atom stereocenters. The Kier molecular flexibility index (Phi) is 3.75. The summed E-state index contributed by atoms with van der Waals surface area (Å²) >= 11 is 0. The third kappa shape index (κ3) is 2.79. The second-order valence-corrected chi connectivity index (χ2v) is 9.12. The quantitative estimate of drug-likeness (QED) is 0.442. The van der Waals surface area contributed by atoms with Crippen LogP contribution in [-0.2, 0) is 14.3 Å². The molecule has 1 saturated carbocycles. The van der Waals surface area contributed by atoms with Crippen molar-refractivity contribution in [2.24, 2.45) is 5.41 Å². The fraction of sp³-hybridized carbons (Fsp3) is 0.455. The molecule has 1 fully saturated rings. The van der Waals surface area contributed by atoms with Crippen LogP contribution < -0.4 is 0 Å². The van der Waals surface area contributed by atoms with E-state index in [4.69, 9.17) is 4.74 Å². The minimum atomic E-state index is -0.603. The molecule has 0 N–H and O–H groups in total. The number of ketones is 1. The molecule has 0 spiro atoms. The molecule has 150 valence electrons. The highest BCUT2D eigenvalue weighted by molar-refractivity contribution is 6.05. The van der Waals surface area contributed by atoms with Crippen LogP contribution in [0.25, 0.3) is 0 Å². The van der Waals surface area contributed by atoms with Crippen LogP contribution in [0.1, 0.15) is 51.0 Å². The zero-order chi connectivity index (χ0) is 20.5. The Labute approximate surface area is 168 Å². The number of ether oxygens (including phenoxy) is 1. The molecule has 4 aliphatic rings. The molecule has 0 aromatic heterocycles. The molecule has 1 aromatic carbocycles. The summed E-state index contributed by atoms with van der Waals surface area (Å²) < 4.78 is 5.40. The van der Waals surface area contributed by atoms with Crippen molar-refractivity contribution in [2.75, 3.05) is 6.61 Å². The summed E-state index contributed by atoms with van der Waals surface area (Å²) in [6, 6.07) is 6.57. The standard InChI is InChI=1S/C22H22N2O5/c1-22(2)9-15-19(17(25)10-22)18(12-4-3-5-14(8-12)24(27)28)20-16(11-29-21(20)26)23(15)13-6-7-13/h3-5,8,13,18H,6-7,9-11H2,1-2H3. The van der Waals surface area contributed by atoms with Crippen LogP contribution >= 0.6 is 0 Å². The number of carbonyl (C=O) groups excluding carboxylic acids is 2. The summed E-state index contributed by atoms with van der Waals surface area (Å²) in [5, 5.41) is 11.3. The van der Waals surface area contributed by atoms with Gasteiger partial charge in [0.1, 0.15) is 6.61 Å². The van der Waals surface area contributed by atoms with E-state index in [0.717, 1.165) is 30.7 Å². The number of cyclic esters (lactones) is 1. The van der Waals surface area contributed by atoms with Crippen LogP contribution in [0.2, 0.25) is 0 Å². The number of nitrogens with zero attached hydrogens (tertiary/aromatic N) is 2. The minimum absolute atomic E-state index is 0.0182. The van der Waals surface area contributed by atoms with Gasteiger partial charge in [-0.1, -0.05) is 26.0 Å². The Balaban J connectivity index is 1.74. The number of hydrogen-bond donors (Lipinski definition) is 0. The van der Waals surface area contributed by atoms with Crippen molar-refractivity contribution in [2.45, 2.75) is 51.5 Å². The first kappa shape index (κ1) is 18.1. The number of Topliss-reactive ketones (excluding diaryl/α,β-unsaturated/α-hetero) is 1. The predicted octanol–water partition coefficient (Wildman–Crippen LogP) is 3.61. The molecule has 0 bridgehead atoms. The monoisotopic (exact) mass is 394 g/mol. The molecule has 2 aliphatic carbocycles. The van der Waals surface area contributed by atoms with Gasteiger partial charge in [0.2, 0.25) is 0 Å². The molecule has 7 nitrogen and oxygen atoms in total. The summed E-state index contributed by atoms with van der Waals surface area (Å²) in [6.45, 7) is 4.37. The molecule has 2 heterocycles. The van der Waals surface area contributed by atoms with Crippen LogP contribution in [-0.4, -0.2) is 34.2 Å². The lowest BCUT2D eigenvalue weighted by Crippen LogP contribution is -2.41. The molecule has 1 aromatic rings. The maximum absolute atomic E-state index is 13.3. The molecular weight excluding hydrogens is 372 g/mol. The second kappa shape index (κ2) is 6.02. The fourth-order valence-corrected chi connectivity index (χ4v) is 4.97. The van der Waals surface area contributed by atoms with E-state index in [0.29, 0.717) is 29.2 Å². The summed E-state index contributed by atoms with van der Waals surface area (Å²) in [6.07, 6.45) is 3.18. The minimum Gasteiger partial charge on any atom is -0.456 e. The smallest absolute Gasteiger partial charge is 0.337 e. The Morgan fingerprint density at radius 3 is 2.59 bits per heavy atom. The normalized spacial score (nSPS) is 25.7. The number of rotatable bonds is 3. The number of nitro groups is 1. The third-order valence-corrected chi connectivity index (χ3v) is 6.25. The van der Waals surface area contributed by atoms with Gasteiger partial charge < -0.3 is 9.64 Å². The van der Waals surface area contributed by atoms with Crippen molar-refractivity contribution in [3.63, 3.8) is 0 Å². The second-order valence-electron chi connectivity index (χ2n) is 9.12. The van der Waals surface area contributed by atoms with E-state index in [1.807, 2.05) is 0 Å². The van der Waals surface area contributed by atoms with E-state index in [2.05, 4.69) is 18.7 Å². The Morgan fingerprint density at radius 1 is 1.14 bits per heavy atom. The van der Waals surface area contributed by atoms with Crippen LogP contribution in [0.15, 0.2) is 46.8 Å². The molecule has 0 radical (unpaired) electrons. The number of esters is 1. The van der Waals surface area contributed by atoms with Crippen molar-refractivity contribution in [1.29, 1.82) is 0 Å². The van der Waals surface area contributed by atoms with Crippen molar-refractivity contribution in [1.82, 2.24) is 4.90 Å².